The van der Waals surface area contributed by atoms with Crippen molar-refractivity contribution >= 4 is 29.4 Å². The molecule has 0 heterocycles. The minimum Gasteiger partial charge on any atom is -0.462 e. The highest BCUT2D eigenvalue weighted by molar-refractivity contribution is 5.90. The zero-order valence-corrected chi connectivity index (χ0v) is 20.9. The maximum atomic E-state index is 12.4. The number of nitrogen functional groups attached to an aromatic ring is 2. The minimum absolute atomic E-state index is 0.0120. The van der Waals surface area contributed by atoms with Gasteiger partial charge in [-0.15, -0.1) is 0 Å². The Labute approximate surface area is 208 Å². The van der Waals surface area contributed by atoms with E-state index in [2.05, 4.69) is 13.8 Å². The third kappa shape index (κ3) is 8.46. The van der Waals surface area contributed by atoms with E-state index in [0.29, 0.717) is 22.9 Å². The third-order valence-electron chi connectivity index (χ3n) is 6.60. The molecule has 35 heavy (non-hydrogen) atoms. The van der Waals surface area contributed by atoms with Crippen molar-refractivity contribution in [3.63, 3.8) is 0 Å². The zero-order valence-electron chi connectivity index (χ0n) is 20.9. The van der Waals surface area contributed by atoms with Crippen LogP contribution in [0.25, 0.3) is 6.08 Å². The van der Waals surface area contributed by atoms with Crippen molar-refractivity contribution in [1.29, 1.82) is 0 Å². The lowest BCUT2D eigenvalue weighted by Crippen LogP contribution is -2.23. The molecule has 6 nitrogen and oxygen atoms in total. The average molecular weight is 479 g/mol. The van der Waals surface area contributed by atoms with Gasteiger partial charge >= 0.3 is 11.9 Å². The Kier molecular flexibility index (Phi) is 9.76. The van der Waals surface area contributed by atoms with Crippen LogP contribution in [-0.4, -0.2) is 24.6 Å². The molecule has 0 bridgehead atoms. The van der Waals surface area contributed by atoms with Crippen molar-refractivity contribution in [2.75, 3.05) is 18.1 Å². The smallest absolute Gasteiger partial charge is 0.338 e. The van der Waals surface area contributed by atoms with Crippen molar-refractivity contribution in [3.05, 3.63) is 65.2 Å². The maximum Gasteiger partial charge on any atom is 0.338 e. The van der Waals surface area contributed by atoms with Gasteiger partial charge < -0.3 is 20.9 Å². The first-order valence-corrected chi connectivity index (χ1v) is 12.7. The lowest BCUT2D eigenvalue weighted by Gasteiger charge is -2.25. The first-order valence-electron chi connectivity index (χ1n) is 12.7. The molecule has 1 fully saturated rings. The molecule has 4 N–H and O–H groups in total. The summed E-state index contributed by atoms with van der Waals surface area (Å²) in [7, 11) is 0. The van der Waals surface area contributed by atoms with E-state index >= 15 is 0 Å². The number of hydrogen-bond donors (Lipinski definition) is 2. The number of nitrogens with two attached hydrogens (primary N) is 2. The highest BCUT2D eigenvalue weighted by Crippen LogP contribution is 2.27. The van der Waals surface area contributed by atoms with Crippen LogP contribution in [0.2, 0.25) is 0 Å². The number of hydrogen-bond acceptors (Lipinski definition) is 6. The number of benzene rings is 2. The van der Waals surface area contributed by atoms with Crippen LogP contribution in [-0.2, 0) is 14.3 Å². The molecule has 2 aromatic carbocycles. The molecule has 1 saturated carbocycles. The van der Waals surface area contributed by atoms with E-state index < -0.39 is 5.97 Å². The van der Waals surface area contributed by atoms with Crippen LogP contribution in [0.5, 0.6) is 0 Å². The summed E-state index contributed by atoms with van der Waals surface area (Å²) in [5.41, 5.74) is 15.4. The summed E-state index contributed by atoms with van der Waals surface area (Å²) in [6.07, 6.45) is 10.1. The van der Waals surface area contributed by atoms with Crippen LogP contribution in [0.3, 0.4) is 0 Å². The number of anilines is 2. The molecule has 0 aliphatic heterocycles. The van der Waals surface area contributed by atoms with Gasteiger partial charge in [0.15, 0.2) is 0 Å². The summed E-state index contributed by atoms with van der Waals surface area (Å²) in [4.78, 5) is 24.8. The molecule has 1 aliphatic rings. The highest BCUT2D eigenvalue weighted by Gasteiger charge is 2.22. The van der Waals surface area contributed by atoms with Gasteiger partial charge in [0.05, 0.1) is 12.2 Å². The number of esters is 2. The molecule has 0 radical (unpaired) electrons. The number of unbranched alkanes of at least 4 members (excludes halogenated alkanes) is 1. The molecule has 1 unspecified atom stereocenters. The Balaban J connectivity index is 1.52. The third-order valence-corrected chi connectivity index (χ3v) is 6.60. The number of carbonyl (C=O) groups excluding carboxylic acids is 2. The van der Waals surface area contributed by atoms with Crippen LogP contribution in [0.1, 0.15) is 86.2 Å². The van der Waals surface area contributed by atoms with E-state index in [9.17, 15) is 9.59 Å². The van der Waals surface area contributed by atoms with Gasteiger partial charge in [-0.3, -0.25) is 0 Å². The zero-order chi connectivity index (χ0) is 25.2. The number of rotatable bonds is 10. The molecule has 0 aromatic heterocycles. The van der Waals surface area contributed by atoms with Gasteiger partial charge in [0, 0.05) is 23.4 Å². The van der Waals surface area contributed by atoms with Crippen molar-refractivity contribution in [3.8, 4) is 0 Å². The number of ether oxygens (including phenoxy) is 2. The molecular formula is C29H38N2O4. The van der Waals surface area contributed by atoms with Gasteiger partial charge in [-0.1, -0.05) is 38.8 Å². The van der Waals surface area contributed by atoms with Gasteiger partial charge in [0.1, 0.15) is 6.10 Å². The predicted octanol–water partition coefficient (Wildman–Crippen LogP) is 6.12. The standard InChI is InChI=1S/C29H38N2O4/c1-3-4-5-23(24-16-25(30)18-26(31)17-24)19-34-28(32)15-10-21-8-11-22(12-9-21)29(33)35-27-13-6-20(2)7-14-27/h8-12,15-18,20,23,27H,3-7,13-14,19,30-31H2,1-2H3/b15-10+. The summed E-state index contributed by atoms with van der Waals surface area (Å²) in [5.74, 6) is 0.0369. The fourth-order valence-electron chi connectivity index (χ4n) is 4.43. The lowest BCUT2D eigenvalue weighted by molar-refractivity contribution is -0.138. The SMILES string of the molecule is CCCCC(COC(=O)/C=C/c1ccc(C(=O)OC2CCC(C)CC2)cc1)c1cc(N)cc(N)c1. The van der Waals surface area contributed by atoms with Crippen LogP contribution in [0.4, 0.5) is 11.4 Å². The first-order chi connectivity index (χ1) is 16.8. The van der Waals surface area contributed by atoms with Crippen molar-refractivity contribution in [1.82, 2.24) is 0 Å². The Morgan fingerprint density at radius 2 is 1.69 bits per heavy atom. The molecule has 1 atom stereocenters. The lowest BCUT2D eigenvalue weighted by atomic mass is 9.89. The molecular weight excluding hydrogens is 440 g/mol. The van der Waals surface area contributed by atoms with E-state index in [0.717, 1.165) is 56.1 Å². The second kappa shape index (κ2) is 13.0. The quantitative estimate of drug-likeness (QED) is 0.242. The van der Waals surface area contributed by atoms with Gasteiger partial charge in [-0.05, 0) is 85.6 Å². The summed E-state index contributed by atoms with van der Waals surface area (Å²) in [5, 5.41) is 0. The van der Waals surface area contributed by atoms with Crippen LogP contribution < -0.4 is 11.5 Å². The van der Waals surface area contributed by atoms with E-state index in [1.165, 1.54) is 6.08 Å². The molecule has 6 heteroatoms. The number of carbonyl (C=O) groups is 2. The Hall–Kier alpha value is -3.28. The average Bonchev–Trinajstić information content (AvgIpc) is 2.84. The fraction of sp³-hybridized carbons (Fsp3) is 0.448. The topological polar surface area (TPSA) is 105 Å². The van der Waals surface area contributed by atoms with Crippen LogP contribution >= 0.6 is 0 Å². The van der Waals surface area contributed by atoms with E-state index in [-0.39, 0.29) is 24.6 Å². The van der Waals surface area contributed by atoms with Gasteiger partial charge in [0.25, 0.3) is 0 Å². The van der Waals surface area contributed by atoms with Crippen molar-refractivity contribution in [2.45, 2.75) is 70.8 Å². The van der Waals surface area contributed by atoms with Gasteiger partial charge in [-0.2, -0.15) is 0 Å². The Bertz CT molecular complexity index is 988. The van der Waals surface area contributed by atoms with E-state index in [1.807, 2.05) is 12.1 Å². The molecule has 2 aromatic rings. The van der Waals surface area contributed by atoms with Crippen LogP contribution in [0, 0.1) is 5.92 Å². The molecule has 0 amide bonds. The molecule has 0 saturated heterocycles. The largest absolute Gasteiger partial charge is 0.462 e. The van der Waals surface area contributed by atoms with E-state index in [1.54, 1.807) is 36.4 Å². The van der Waals surface area contributed by atoms with Gasteiger partial charge in [0.2, 0.25) is 0 Å². The fourth-order valence-corrected chi connectivity index (χ4v) is 4.43. The summed E-state index contributed by atoms with van der Waals surface area (Å²) in [6, 6.07) is 12.5. The summed E-state index contributed by atoms with van der Waals surface area (Å²) in [6.45, 7) is 4.62. The molecule has 0 spiro atoms. The monoisotopic (exact) mass is 478 g/mol. The van der Waals surface area contributed by atoms with Crippen molar-refractivity contribution < 1.29 is 19.1 Å². The second-order valence-corrected chi connectivity index (χ2v) is 9.64. The summed E-state index contributed by atoms with van der Waals surface area (Å²) < 4.78 is 11.2. The molecule has 1 aliphatic carbocycles. The minimum atomic E-state index is -0.418. The van der Waals surface area contributed by atoms with Gasteiger partial charge in [-0.25, -0.2) is 9.59 Å². The first kappa shape index (κ1) is 26.3. The van der Waals surface area contributed by atoms with Crippen LogP contribution in [0.15, 0.2) is 48.5 Å². The second-order valence-electron chi connectivity index (χ2n) is 9.64. The molecule has 188 valence electrons. The highest BCUT2D eigenvalue weighted by atomic mass is 16.5. The van der Waals surface area contributed by atoms with E-state index in [4.69, 9.17) is 20.9 Å². The predicted molar refractivity (Wildman–Crippen MR) is 141 cm³/mol. The Morgan fingerprint density at radius 3 is 2.31 bits per heavy atom. The Morgan fingerprint density at radius 1 is 1.03 bits per heavy atom. The van der Waals surface area contributed by atoms with Crippen molar-refractivity contribution in [2.24, 2.45) is 5.92 Å². The normalized spacial score (nSPS) is 18.8. The molecule has 3 rings (SSSR count). The summed E-state index contributed by atoms with van der Waals surface area (Å²) >= 11 is 0. The maximum absolute atomic E-state index is 12.4.